The zero-order chi connectivity index (χ0) is 62.7. The summed E-state index contributed by atoms with van der Waals surface area (Å²) in [6.45, 7) is 14.4. The number of carbonyl (C=O) groups excluding carboxylic acids is 1. The van der Waals surface area contributed by atoms with E-state index >= 15 is 0 Å². The molecule has 0 unspecified atom stereocenters. The van der Waals surface area contributed by atoms with Crippen molar-refractivity contribution in [3.8, 4) is 17.2 Å². The molecule has 0 heterocycles. The van der Waals surface area contributed by atoms with E-state index in [1.165, 1.54) is 47.6 Å². The van der Waals surface area contributed by atoms with Crippen molar-refractivity contribution in [3.63, 3.8) is 0 Å². The number of methoxy groups -OCH3 is 1. The fraction of sp³-hybridized carbons (Fsp3) is 0.236. The summed E-state index contributed by atoms with van der Waals surface area (Å²) in [6.07, 6.45) is -10.1. The molecule has 9 aromatic carbocycles. The van der Waals surface area contributed by atoms with E-state index in [0.717, 1.165) is 48.4 Å². The Morgan fingerprint density at radius 1 is 0.391 bits per heavy atom. The Morgan fingerprint density at radius 2 is 0.655 bits per heavy atom. The molecule has 0 aromatic heterocycles. The maximum atomic E-state index is 13.8. The van der Waals surface area contributed by atoms with Gasteiger partial charge in [0, 0.05) is 42.8 Å². The first-order valence-corrected chi connectivity index (χ1v) is 31.9. The number of esters is 1. The highest BCUT2D eigenvalue weighted by atomic mass is 32.2. The van der Waals surface area contributed by atoms with Crippen LogP contribution in [-0.2, 0) is 42.2 Å². The van der Waals surface area contributed by atoms with Crippen LogP contribution in [0.5, 0.6) is 17.2 Å². The number of hydrogen-bond donors (Lipinski definition) is 0. The van der Waals surface area contributed by atoms with Crippen molar-refractivity contribution >= 4 is 38.7 Å². The van der Waals surface area contributed by atoms with E-state index in [1.807, 2.05) is 120 Å². The van der Waals surface area contributed by atoms with Crippen LogP contribution in [0, 0.1) is 41.5 Å². The first-order chi connectivity index (χ1) is 41.6. The zero-order valence-corrected chi connectivity index (χ0v) is 52.4. The smallest absolute Gasteiger partial charge is 0.453 e. The Kier molecular flexibility index (Phi) is 24.1. The molecule has 0 spiro atoms. The third-order valence-corrected chi connectivity index (χ3v) is 20.1. The van der Waals surface area contributed by atoms with Crippen LogP contribution in [0.1, 0.15) is 59.6 Å². The zero-order valence-electron chi connectivity index (χ0n) is 49.9. The highest BCUT2D eigenvalue weighted by Gasteiger charge is 2.61. The van der Waals surface area contributed by atoms with Crippen LogP contribution >= 0.6 is 0 Å². The van der Waals surface area contributed by atoms with Crippen LogP contribution in [0.3, 0.4) is 0 Å². The van der Waals surface area contributed by atoms with Crippen LogP contribution in [0.15, 0.2) is 262 Å². The summed E-state index contributed by atoms with van der Waals surface area (Å²) < 4.78 is 112. The molecule has 0 bridgehead atoms. The minimum absolute atomic E-state index is 0.0827. The molecule has 0 saturated carbocycles. The average Bonchev–Trinajstić information content (AvgIpc) is 1.93. The highest BCUT2D eigenvalue weighted by molar-refractivity contribution is 7.97. The van der Waals surface area contributed by atoms with E-state index in [-0.39, 0.29) is 47.4 Å². The van der Waals surface area contributed by atoms with Gasteiger partial charge < -0.3 is 18.9 Å². The molecular weight excluding hydrogens is 1170 g/mol. The van der Waals surface area contributed by atoms with E-state index in [1.54, 1.807) is 0 Å². The number of hydrogen-bond acceptors (Lipinski definition) is 5. The molecule has 0 amide bonds. The Balaban J connectivity index is 0.000000191. The van der Waals surface area contributed by atoms with E-state index in [2.05, 4.69) is 152 Å². The van der Waals surface area contributed by atoms with Gasteiger partial charge in [0.1, 0.15) is 17.2 Å². The van der Waals surface area contributed by atoms with Crippen LogP contribution in [0.25, 0.3) is 0 Å². The van der Waals surface area contributed by atoms with Gasteiger partial charge in [-0.3, -0.25) is 0 Å². The van der Waals surface area contributed by atoms with Gasteiger partial charge in [0.15, 0.2) is 50.7 Å². The Morgan fingerprint density at radius 3 is 0.908 bits per heavy atom. The number of alkyl halides is 7. The SMILES string of the molecule is CCOc1c(C)cc([S+](c2ccccc2)c2ccccc2)cc1C.COC(=O)COc1c(C)cc([S+](c2ccccc2)c2ccccc2)cc1C.Cc1cc([S+](c2ccccc2)c2ccccc2)cc(C)c1OCCCC(F)(F)CC(F)(F)C(F)(F)F. The number of carbonyl (C=O) groups is 1. The third kappa shape index (κ3) is 18.5. The first kappa shape index (κ1) is 66.9. The molecule has 454 valence electrons. The lowest BCUT2D eigenvalue weighted by molar-refractivity contribution is -0.301. The second-order valence-corrected chi connectivity index (χ2v) is 26.5. The van der Waals surface area contributed by atoms with Gasteiger partial charge in [0.2, 0.25) is 0 Å². The Bertz CT molecular complexity index is 3410. The summed E-state index contributed by atoms with van der Waals surface area (Å²) in [7, 11) is 0.656. The van der Waals surface area contributed by atoms with Crippen molar-refractivity contribution in [1.29, 1.82) is 0 Å². The molecule has 5 nitrogen and oxygen atoms in total. The number of ether oxygens (including phenoxy) is 4. The molecule has 87 heavy (non-hydrogen) atoms. The maximum Gasteiger partial charge on any atom is 0.453 e. The predicted octanol–water partition coefficient (Wildman–Crippen LogP) is 19.5. The van der Waals surface area contributed by atoms with E-state index < -0.39 is 41.8 Å². The van der Waals surface area contributed by atoms with Gasteiger partial charge in [-0.05, 0) is 161 Å². The second-order valence-electron chi connectivity index (χ2n) is 20.4. The average molecular weight is 1250 g/mol. The lowest BCUT2D eigenvalue weighted by Crippen LogP contribution is -2.41. The first-order valence-electron chi connectivity index (χ1n) is 28.3. The van der Waals surface area contributed by atoms with Crippen molar-refractivity contribution < 1.29 is 54.5 Å². The molecule has 0 radical (unpaired) electrons. The van der Waals surface area contributed by atoms with Gasteiger partial charge in [0.05, 0.1) is 59.4 Å². The van der Waals surface area contributed by atoms with Crippen LogP contribution < -0.4 is 14.2 Å². The van der Waals surface area contributed by atoms with Crippen molar-refractivity contribution in [2.45, 2.75) is 130 Å². The lowest BCUT2D eigenvalue weighted by Gasteiger charge is -2.25. The van der Waals surface area contributed by atoms with Gasteiger partial charge >= 0.3 is 18.1 Å². The van der Waals surface area contributed by atoms with Gasteiger partial charge in [-0.25, -0.2) is 13.6 Å². The predicted molar refractivity (Wildman–Crippen MR) is 337 cm³/mol. The number of aryl methyl sites for hydroxylation is 6. The monoisotopic (exact) mass is 1250 g/mol. The summed E-state index contributed by atoms with van der Waals surface area (Å²) in [4.78, 5) is 22.5. The molecule has 0 saturated heterocycles. The fourth-order valence-corrected chi connectivity index (χ4v) is 16.5. The lowest BCUT2D eigenvalue weighted by atomic mass is 10.0. The number of halogens is 7. The highest BCUT2D eigenvalue weighted by Crippen LogP contribution is 2.45. The molecule has 0 aliphatic heterocycles. The Labute approximate surface area is 516 Å². The van der Waals surface area contributed by atoms with Crippen molar-refractivity contribution in [2.24, 2.45) is 0 Å². The van der Waals surface area contributed by atoms with E-state index in [0.29, 0.717) is 12.4 Å². The normalized spacial score (nSPS) is 11.6. The number of benzene rings is 9. The molecule has 0 fully saturated rings. The summed E-state index contributed by atoms with van der Waals surface area (Å²) in [6, 6.07) is 75.3. The maximum absolute atomic E-state index is 13.8. The van der Waals surface area contributed by atoms with E-state index in [4.69, 9.17) is 14.2 Å². The minimum Gasteiger partial charge on any atom is -0.493 e. The van der Waals surface area contributed by atoms with Crippen molar-refractivity contribution in [3.05, 3.63) is 252 Å². The van der Waals surface area contributed by atoms with Crippen molar-refractivity contribution in [2.75, 3.05) is 26.9 Å². The van der Waals surface area contributed by atoms with Crippen LogP contribution in [0.4, 0.5) is 30.7 Å². The molecule has 0 aliphatic rings. The molecular formula is C72H72F7O5S3+3. The third-order valence-electron chi connectivity index (χ3n) is 13.6. The van der Waals surface area contributed by atoms with Gasteiger partial charge in [-0.1, -0.05) is 109 Å². The summed E-state index contributed by atoms with van der Waals surface area (Å²) in [5.74, 6) is -7.76. The Hall–Kier alpha value is -7.59. The van der Waals surface area contributed by atoms with Gasteiger partial charge in [-0.15, -0.1) is 0 Å². The minimum atomic E-state index is -6.01. The summed E-state index contributed by atoms with van der Waals surface area (Å²) in [5, 5.41) is 0. The molecule has 0 N–H and O–H groups in total. The second kappa shape index (κ2) is 31.4. The summed E-state index contributed by atoms with van der Waals surface area (Å²) >= 11 is 0. The quantitative estimate of drug-likeness (QED) is 0.0311. The van der Waals surface area contributed by atoms with Gasteiger partial charge in [0.25, 0.3) is 5.92 Å². The standard InChI is InChI=1S/C27H26F7OS.C23H23O3S.C22H23OS/c1-19-16-23(36(21-10-5-3-6-11-21)22-12-7-4-8-13-22)17-20(2)24(19)35-15-9-14-25(28,29)18-26(30,31)27(32,33)34;1-17-14-21(15-18(2)23(17)26-16-22(24)25-3)27(19-10-6-4-7-11-19)20-12-8-5-9-13-20;1-4-23-22-17(2)15-21(16-18(22)3)24(19-11-7-5-8-12-19)20-13-9-6-10-14-20/h3-8,10-13,16-17H,9,14-15,18H2,1-2H3;4-15H,16H2,1-3H3;5-16H,4H2,1-3H3/q3*+1. The summed E-state index contributed by atoms with van der Waals surface area (Å²) in [5.41, 5.74) is 5.97. The van der Waals surface area contributed by atoms with Crippen LogP contribution in [0.2, 0.25) is 0 Å². The molecule has 9 rings (SSSR count). The fourth-order valence-electron chi connectivity index (χ4n) is 9.69. The molecule has 0 atom stereocenters. The van der Waals surface area contributed by atoms with Crippen LogP contribution in [-0.4, -0.2) is 50.9 Å². The topological polar surface area (TPSA) is 54.0 Å². The van der Waals surface area contributed by atoms with E-state index in [9.17, 15) is 35.5 Å². The van der Waals surface area contributed by atoms with Gasteiger partial charge in [-0.2, -0.15) is 22.0 Å². The number of rotatable bonds is 21. The van der Waals surface area contributed by atoms with Crippen molar-refractivity contribution in [1.82, 2.24) is 0 Å². The largest absolute Gasteiger partial charge is 0.493 e. The molecule has 0 aliphatic carbocycles. The molecule has 9 aromatic rings. The molecule has 15 heteroatoms.